The molecule has 4 aromatic rings. The number of carbonyl (C=O) groups is 1. The molecule has 1 unspecified atom stereocenters. The van der Waals surface area contributed by atoms with E-state index in [0.717, 1.165) is 35.1 Å². The van der Waals surface area contributed by atoms with Gasteiger partial charge in [0.1, 0.15) is 0 Å². The Kier molecular flexibility index (Phi) is 7.24. The molecule has 188 valence electrons. The van der Waals surface area contributed by atoms with Crippen molar-refractivity contribution in [3.05, 3.63) is 131 Å². The van der Waals surface area contributed by atoms with E-state index in [1.807, 2.05) is 108 Å². The first-order valence-corrected chi connectivity index (χ1v) is 12.5. The first-order chi connectivity index (χ1) is 18.2. The lowest BCUT2D eigenvalue weighted by Gasteiger charge is -2.39. The van der Waals surface area contributed by atoms with Crippen LogP contribution >= 0.6 is 0 Å². The van der Waals surface area contributed by atoms with Gasteiger partial charge in [0.25, 0.3) is 5.91 Å². The average molecular weight is 494 g/mol. The maximum atomic E-state index is 13.8. The van der Waals surface area contributed by atoms with Gasteiger partial charge in [0.2, 0.25) is 0 Å². The third kappa shape index (κ3) is 4.70. The molecule has 5 nitrogen and oxygen atoms in total. The SMILES string of the molecule is COc1ccc(CCCOC2(c3ccccc3)c3ccccc3C(=O)N2Cc2ccccc2)cc1OC. The lowest BCUT2D eigenvalue weighted by atomic mass is 9.93. The van der Waals surface area contributed by atoms with E-state index in [0.29, 0.717) is 30.2 Å². The Morgan fingerprint density at radius 1 is 0.730 bits per heavy atom. The van der Waals surface area contributed by atoms with Crippen LogP contribution in [-0.2, 0) is 23.4 Å². The van der Waals surface area contributed by atoms with Crippen molar-refractivity contribution in [1.82, 2.24) is 4.90 Å². The molecule has 5 heteroatoms. The highest BCUT2D eigenvalue weighted by atomic mass is 16.5. The van der Waals surface area contributed by atoms with Crippen molar-refractivity contribution >= 4 is 5.91 Å². The van der Waals surface area contributed by atoms with Crippen molar-refractivity contribution in [1.29, 1.82) is 0 Å². The Bertz CT molecular complexity index is 1360. The lowest BCUT2D eigenvalue weighted by Crippen LogP contribution is -2.46. The minimum atomic E-state index is -1.01. The van der Waals surface area contributed by atoms with E-state index < -0.39 is 5.72 Å². The van der Waals surface area contributed by atoms with Crippen LogP contribution in [-0.4, -0.2) is 31.6 Å². The van der Waals surface area contributed by atoms with Crippen LogP contribution in [0.4, 0.5) is 0 Å². The fraction of sp³-hybridized carbons (Fsp3) is 0.219. The predicted octanol–water partition coefficient (Wildman–Crippen LogP) is 6.21. The molecule has 1 aliphatic heterocycles. The molecule has 0 fully saturated rings. The molecule has 0 N–H and O–H groups in total. The van der Waals surface area contributed by atoms with Gasteiger partial charge in [-0.05, 0) is 42.2 Å². The van der Waals surface area contributed by atoms with E-state index >= 15 is 0 Å². The minimum absolute atomic E-state index is 0.0248. The van der Waals surface area contributed by atoms with Crippen molar-refractivity contribution in [2.45, 2.75) is 25.1 Å². The number of benzene rings is 4. The van der Waals surface area contributed by atoms with Crippen molar-refractivity contribution in [2.24, 2.45) is 0 Å². The van der Waals surface area contributed by atoms with Crippen molar-refractivity contribution in [3.8, 4) is 11.5 Å². The maximum Gasteiger partial charge on any atom is 0.257 e. The van der Waals surface area contributed by atoms with Gasteiger partial charge in [-0.15, -0.1) is 0 Å². The molecule has 0 saturated heterocycles. The number of amides is 1. The number of methoxy groups -OCH3 is 2. The van der Waals surface area contributed by atoms with Gasteiger partial charge in [-0.25, -0.2) is 0 Å². The molecule has 1 heterocycles. The van der Waals surface area contributed by atoms with Crippen LogP contribution in [0.15, 0.2) is 103 Å². The van der Waals surface area contributed by atoms with Crippen LogP contribution in [0, 0.1) is 0 Å². The molecular formula is C32H31NO4. The normalized spacial score (nSPS) is 16.5. The number of ether oxygens (including phenoxy) is 3. The molecule has 5 rings (SSSR count). The smallest absolute Gasteiger partial charge is 0.257 e. The molecule has 1 amide bonds. The van der Waals surface area contributed by atoms with E-state index in [9.17, 15) is 4.79 Å². The summed E-state index contributed by atoms with van der Waals surface area (Å²) in [6.45, 7) is 0.912. The summed E-state index contributed by atoms with van der Waals surface area (Å²) in [7, 11) is 3.28. The Morgan fingerprint density at radius 3 is 2.14 bits per heavy atom. The molecule has 0 saturated carbocycles. The fourth-order valence-electron chi connectivity index (χ4n) is 5.09. The van der Waals surface area contributed by atoms with E-state index in [1.54, 1.807) is 14.2 Å². The molecule has 1 aliphatic rings. The van der Waals surface area contributed by atoms with Gasteiger partial charge in [-0.1, -0.05) is 84.9 Å². The molecule has 0 aliphatic carbocycles. The van der Waals surface area contributed by atoms with Gasteiger partial charge >= 0.3 is 0 Å². The summed E-state index contributed by atoms with van der Waals surface area (Å²) in [4.78, 5) is 15.7. The first-order valence-electron chi connectivity index (χ1n) is 12.5. The number of hydrogen-bond donors (Lipinski definition) is 0. The zero-order valence-electron chi connectivity index (χ0n) is 21.2. The van der Waals surface area contributed by atoms with Crippen molar-refractivity contribution < 1.29 is 19.0 Å². The Morgan fingerprint density at radius 2 is 1.41 bits per heavy atom. The number of hydrogen-bond acceptors (Lipinski definition) is 4. The predicted molar refractivity (Wildman–Crippen MR) is 144 cm³/mol. The van der Waals surface area contributed by atoms with E-state index in [1.165, 1.54) is 0 Å². The Balaban J connectivity index is 1.46. The first kappa shape index (κ1) is 24.6. The summed E-state index contributed by atoms with van der Waals surface area (Å²) in [6, 6.07) is 33.9. The van der Waals surface area contributed by atoms with Crippen molar-refractivity contribution in [2.75, 3.05) is 20.8 Å². The third-order valence-electron chi connectivity index (χ3n) is 6.87. The highest BCUT2D eigenvalue weighted by Crippen LogP contribution is 2.46. The van der Waals surface area contributed by atoms with Crippen LogP contribution in [0.3, 0.4) is 0 Å². The number of nitrogens with zero attached hydrogens (tertiary/aromatic N) is 1. The quantitative estimate of drug-likeness (QED) is 0.247. The maximum absolute atomic E-state index is 13.8. The molecule has 0 spiro atoms. The zero-order valence-corrected chi connectivity index (χ0v) is 21.2. The van der Waals surface area contributed by atoms with Gasteiger partial charge < -0.3 is 14.2 Å². The van der Waals surface area contributed by atoms with Crippen LogP contribution in [0.5, 0.6) is 11.5 Å². The zero-order chi connectivity index (χ0) is 25.7. The Labute approximate surface area is 218 Å². The van der Waals surface area contributed by atoms with Gasteiger partial charge in [0.05, 0.1) is 20.8 Å². The Hall–Kier alpha value is -4.09. The van der Waals surface area contributed by atoms with Gasteiger partial charge in [-0.3, -0.25) is 9.69 Å². The molecule has 37 heavy (non-hydrogen) atoms. The fourth-order valence-corrected chi connectivity index (χ4v) is 5.09. The summed E-state index contributed by atoms with van der Waals surface area (Å²) < 4.78 is 17.7. The highest BCUT2D eigenvalue weighted by molar-refractivity contribution is 6.00. The molecule has 4 aromatic carbocycles. The second-order valence-corrected chi connectivity index (χ2v) is 9.07. The van der Waals surface area contributed by atoms with E-state index in [-0.39, 0.29) is 5.91 Å². The molecule has 0 bridgehead atoms. The van der Waals surface area contributed by atoms with Crippen LogP contribution < -0.4 is 9.47 Å². The van der Waals surface area contributed by atoms with E-state index in [4.69, 9.17) is 14.2 Å². The third-order valence-corrected chi connectivity index (χ3v) is 6.87. The summed E-state index contributed by atoms with van der Waals surface area (Å²) in [6.07, 6.45) is 1.58. The van der Waals surface area contributed by atoms with Gasteiger partial charge in [0.15, 0.2) is 17.2 Å². The topological polar surface area (TPSA) is 48.0 Å². The van der Waals surface area contributed by atoms with Gasteiger partial charge in [0, 0.05) is 23.2 Å². The average Bonchev–Trinajstić information content (AvgIpc) is 3.20. The second kappa shape index (κ2) is 10.9. The van der Waals surface area contributed by atoms with Crippen molar-refractivity contribution in [3.63, 3.8) is 0 Å². The molecule has 0 aromatic heterocycles. The molecular weight excluding hydrogens is 462 g/mol. The second-order valence-electron chi connectivity index (χ2n) is 9.07. The summed E-state index contributed by atoms with van der Waals surface area (Å²) in [5, 5.41) is 0. The number of fused-ring (bicyclic) bond motifs is 1. The van der Waals surface area contributed by atoms with Crippen LogP contribution in [0.2, 0.25) is 0 Å². The summed E-state index contributed by atoms with van der Waals surface area (Å²) in [5.74, 6) is 1.40. The number of aryl methyl sites for hydroxylation is 1. The lowest BCUT2D eigenvalue weighted by molar-refractivity contribution is -0.112. The number of carbonyl (C=O) groups excluding carboxylic acids is 1. The minimum Gasteiger partial charge on any atom is -0.493 e. The summed E-state index contributed by atoms with van der Waals surface area (Å²) >= 11 is 0. The van der Waals surface area contributed by atoms with Crippen LogP contribution in [0.1, 0.15) is 39.0 Å². The molecule has 0 radical (unpaired) electrons. The standard InChI is InChI=1S/C32H31NO4/c1-35-29-20-19-24(22-30(29)36-2)14-11-21-37-32(26-15-7-4-8-16-26)28-18-10-9-17-27(28)31(34)33(32)23-25-12-5-3-6-13-25/h3-10,12-13,15-20,22H,11,14,21,23H2,1-2H3. The monoisotopic (exact) mass is 493 g/mol. The molecule has 1 atom stereocenters. The highest BCUT2D eigenvalue weighted by Gasteiger charge is 2.51. The van der Waals surface area contributed by atoms with Gasteiger partial charge in [-0.2, -0.15) is 0 Å². The van der Waals surface area contributed by atoms with E-state index in [2.05, 4.69) is 0 Å². The van der Waals surface area contributed by atoms with Crippen LogP contribution in [0.25, 0.3) is 0 Å². The largest absolute Gasteiger partial charge is 0.493 e. The number of rotatable bonds is 10. The summed E-state index contributed by atoms with van der Waals surface area (Å²) in [5.41, 5.74) is 3.69.